The molecule has 5 nitrogen and oxygen atoms in total. The Hall–Kier alpha value is -7.64. The molecule has 0 amide bonds. The summed E-state index contributed by atoms with van der Waals surface area (Å²) in [5.74, 6) is 0. The number of para-hydroxylation sites is 3. The molecule has 0 saturated heterocycles. The van der Waals surface area contributed by atoms with Crippen LogP contribution in [0.1, 0.15) is 5.56 Å². The van der Waals surface area contributed by atoms with E-state index < -0.39 is 0 Å². The topological polar surface area (TPSA) is 42.9 Å². The first-order valence-corrected chi connectivity index (χ1v) is 19.3. The monoisotopic (exact) mass is 729 g/mol. The van der Waals surface area contributed by atoms with E-state index in [0.717, 1.165) is 38.9 Å². The number of fused-ring (bicyclic) bond motifs is 13. The van der Waals surface area contributed by atoms with E-state index >= 15 is 0 Å². The maximum Gasteiger partial charge on any atom is 0.188 e. The fourth-order valence-corrected chi connectivity index (χ4v) is 10.2. The lowest BCUT2D eigenvalue weighted by Crippen LogP contribution is -1.95. The van der Waals surface area contributed by atoms with Gasteiger partial charge in [-0.15, -0.1) is 11.3 Å². The second-order valence-electron chi connectivity index (χ2n) is 14.3. The van der Waals surface area contributed by atoms with Gasteiger partial charge in [-0.25, -0.2) is 4.85 Å². The van der Waals surface area contributed by atoms with Crippen LogP contribution in [-0.2, 0) is 0 Å². The highest BCUT2D eigenvalue weighted by atomic mass is 32.1. The Morgan fingerprint density at radius 3 is 1.54 bits per heavy atom. The summed E-state index contributed by atoms with van der Waals surface area (Å²) in [5, 5.41) is 19.1. The fourth-order valence-electron chi connectivity index (χ4n) is 9.11. The van der Waals surface area contributed by atoms with E-state index in [9.17, 15) is 5.26 Å². The van der Waals surface area contributed by atoms with Gasteiger partial charge in [0.1, 0.15) is 0 Å². The van der Waals surface area contributed by atoms with Crippen molar-refractivity contribution in [2.24, 2.45) is 0 Å². The van der Waals surface area contributed by atoms with Crippen molar-refractivity contribution in [3.8, 4) is 23.1 Å². The second-order valence-corrected chi connectivity index (χ2v) is 15.4. The highest BCUT2D eigenvalue weighted by Crippen LogP contribution is 2.44. The molecule has 0 saturated carbocycles. The van der Waals surface area contributed by atoms with Gasteiger partial charge < -0.3 is 13.7 Å². The van der Waals surface area contributed by atoms with Crippen LogP contribution in [0.5, 0.6) is 0 Å². The van der Waals surface area contributed by atoms with Gasteiger partial charge >= 0.3 is 0 Å². The van der Waals surface area contributed by atoms with Crippen molar-refractivity contribution in [2.75, 3.05) is 0 Å². The van der Waals surface area contributed by atoms with Crippen LogP contribution in [0.15, 0.2) is 164 Å². The van der Waals surface area contributed by atoms with Gasteiger partial charge in [0.05, 0.1) is 51.3 Å². The van der Waals surface area contributed by atoms with Crippen LogP contribution in [0.25, 0.3) is 107 Å². The number of aromatic nitrogens is 3. The van der Waals surface area contributed by atoms with Crippen LogP contribution < -0.4 is 0 Å². The Labute approximate surface area is 324 Å². The van der Waals surface area contributed by atoms with E-state index in [0.29, 0.717) is 11.3 Å². The molecular formula is C50H27N5S. The van der Waals surface area contributed by atoms with Gasteiger partial charge in [0.2, 0.25) is 0 Å². The third-order valence-corrected chi connectivity index (χ3v) is 12.6. The molecule has 4 aromatic heterocycles. The molecule has 56 heavy (non-hydrogen) atoms. The molecule has 0 aliphatic rings. The number of nitrogens with zero attached hydrogens (tertiary/aromatic N) is 5. The Balaban J connectivity index is 1.11. The van der Waals surface area contributed by atoms with Crippen molar-refractivity contribution in [2.45, 2.75) is 0 Å². The second kappa shape index (κ2) is 11.4. The number of nitriles is 1. The zero-order chi connectivity index (χ0) is 37.1. The average Bonchev–Trinajstić information content (AvgIpc) is 3.99. The number of rotatable bonds is 3. The lowest BCUT2D eigenvalue weighted by Gasteiger charge is -2.10. The summed E-state index contributed by atoms with van der Waals surface area (Å²) in [5.41, 5.74) is 11.2. The van der Waals surface area contributed by atoms with Crippen molar-refractivity contribution in [1.82, 2.24) is 13.7 Å². The normalized spacial score (nSPS) is 11.9. The maximum absolute atomic E-state index is 9.72. The van der Waals surface area contributed by atoms with Gasteiger partial charge in [-0.05, 0) is 109 Å². The third kappa shape index (κ3) is 4.16. The molecule has 8 aromatic carbocycles. The lowest BCUT2D eigenvalue weighted by molar-refractivity contribution is 1.17. The maximum atomic E-state index is 9.72. The minimum absolute atomic E-state index is 0.582. The van der Waals surface area contributed by atoms with E-state index in [4.69, 9.17) is 6.57 Å². The predicted octanol–water partition coefficient (Wildman–Crippen LogP) is 13.8. The minimum atomic E-state index is 0.582. The third-order valence-electron chi connectivity index (χ3n) is 11.4. The molecule has 258 valence electrons. The van der Waals surface area contributed by atoms with Gasteiger partial charge in [0.25, 0.3) is 0 Å². The Morgan fingerprint density at radius 1 is 0.429 bits per heavy atom. The summed E-state index contributed by atoms with van der Waals surface area (Å²) < 4.78 is 9.54. The molecule has 0 unspecified atom stereocenters. The first-order chi connectivity index (χ1) is 27.7. The molecule has 0 aliphatic heterocycles. The van der Waals surface area contributed by atoms with E-state index in [1.807, 2.05) is 47.7 Å². The Morgan fingerprint density at radius 2 is 0.929 bits per heavy atom. The summed E-state index contributed by atoms with van der Waals surface area (Å²) in [4.78, 5) is 3.70. The van der Waals surface area contributed by atoms with Crippen LogP contribution in [0.3, 0.4) is 0 Å². The molecule has 12 rings (SSSR count). The van der Waals surface area contributed by atoms with Crippen LogP contribution >= 0.6 is 11.3 Å². The van der Waals surface area contributed by atoms with Crippen molar-refractivity contribution >= 4 is 103 Å². The van der Waals surface area contributed by atoms with Crippen LogP contribution in [0, 0.1) is 17.9 Å². The van der Waals surface area contributed by atoms with Crippen molar-refractivity contribution in [3.63, 3.8) is 0 Å². The van der Waals surface area contributed by atoms with Crippen molar-refractivity contribution in [1.29, 1.82) is 5.26 Å². The van der Waals surface area contributed by atoms with Gasteiger partial charge in [-0.3, -0.25) is 0 Å². The quantitative estimate of drug-likeness (QED) is 0.167. The van der Waals surface area contributed by atoms with Gasteiger partial charge in [-0.1, -0.05) is 60.7 Å². The summed E-state index contributed by atoms with van der Waals surface area (Å²) in [6.07, 6.45) is 0. The lowest BCUT2D eigenvalue weighted by atomic mass is 10.1. The number of hydrogen-bond donors (Lipinski definition) is 0. The van der Waals surface area contributed by atoms with E-state index in [1.165, 1.54) is 63.8 Å². The Kier molecular flexibility index (Phi) is 6.28. The first-order valence-electron chi connectivity index (χ1n) is 18.5. The molecule has 0 atom stereocenters. The van der Waals surface area contributed by atoms with Crippen LogP contribution in [-0.4, -0.2) is 13.7 Å². The zero-order valence-electron chi connectivity index (χ0n) is 29.7. The average molecular weight is 730 g/mol. The molecule has 0 aliphatic carbocycles. The van der Waals surface area contributed by atoms with Gasteiger partial charge in [0, 0.05) is 64.2 Å². The SMILES string of the molecule is [C-]#[N+]c1ccc2c(c1)c1cc(C#N)ccc1n2-c1ccc2sc3ccc(-n4c5ccccc5c5c6c7ccccc7n(-c7ccccc7)c6ccc54)cc3c2c1. The fraction of sp³-hybridized carbons (Fsp3) is 0. The van der Waals surface area contributed by atoms with E-state index in [-0.39, 0.29) is 0 Å². The molecular weight excluding hydrogens is 703 g/mol. The number of benzene rings is 8. The van der Waals surface area contributed by atoms with Crippen molar-refractivity contribution < 1.29 is 0 Å². The van der Waals surface area contributed by atoms with E-state index in [1.54, 1.807) is 0 Å². The standard InChI is InChI=1S/C50H27N5S/c1-52-31-16-20-44-38(26-31)37-25-30(29-51)15-19-43(37)54(44)33-17-23-47-39(27-33)40-28-34(18-24-48(40)56-47)55-42-14-8-6-12-36(42)50-46(55)22-21-45-49(50)35-11-5-7-13-41(35)53(45)32-9-3-2-4-10-32/h2-28H. The predicted molar refractivity (Wildman–Crippen MR) is 233 cm³/mol. The van der Waals surface area contributed by atoms with Crippen LogP contribution in [0.4, 0.5) is 5.69 Å². The molecule has 4 heterocycles. The zero-order valence-corrected chi connectivity index (χ0v) is 30.5. The number of hydrogen-bond acceptors (Lipinski definition) is 2. The minimum Gasteiger partial charge on any atom is -0.309 e. The Bertz CT molecular complexity index is 3660. The largest absolute Gasteiger partial charge is 0.309 e. The molecule has 0 fully saturated rings. The summed E-state index contributed by atoms with van der Waals surface area (Å²) >= 11 is 1.81. The van der Waals surface area contributed by atoms with Crippen molar-refractivity contribution in [3.05, 3.63) is 181 Å². The first kappa shape index (κ1) is 30.8. The molecule has 0 radical (unpaired) electrons. The molecule has 12 aromatic rings. The molecule has 0 N–H and O–H groups in total. The highest BCUT2D eigenvalue weighted by Gasteiger charge is 2.21. The van der Waals surface area contributed by atoms with E-state index in [2.05, 4.69) is 152 Å². The number of thiophene rings is 1. The summed E-state index contributed by atoms with van der Waals surface area (Å²) in [6.45, 7) is 7.65. The van der Waals surface area contributed by atoms with Crippen LogP contribution in [0.2, 0.25) is 0 Å². The summed E-state index contributed by atoms with van der Waals surface area (Å²) in [6, 6.07) is 60.3. The van der Waals surface area contributed by atoms with Gasteiger partial charge in [-0.2, -0.15) is 5.26 Å². The molecule has 0 spiro atoms. The smallest absolute Gasteiger partial charge is 0.188 e. The molecule has 6 heteroatoms. The highest BCUT2D eigenvalue weighted by molar-refractivity contribution is 7.25. The summed E-state index contributed by atoms with van der Waals surface area (Å²) in [7, 11) is 0. The molecule has 0 bridgehead atoms. The van der Waals surface area contributed by atoms with Gasteiger partial charge in [0.15, 0.2) is 5.69 Å².